The molecule has 0 N–H and O–H groups in total. The number of likely N-dealkylation sites (tertiary alicyclic amines) is 2. The molecule has 3 aliphatic rings. The summed E-state index contributed by atoms with van der Waals surface area (Å²) in [5.74, 6) is 1.68. The summed E-state index contributed by atoms with van der Waals surface area (Å²) in [7, 11) is 0. The summed E-state index contributed by atoms with van der Waals surface area (Å²) in [6.45, 7) is 5.94. The third-order valence-corrected chi connectivity index (χ3v) is 5.33. The topological polar surface area (TPSA) is 23.6 Å². The fourth-order valence-corrected chi connectivity index (χ4v) is 3.81. The second-order valence-electron chi connectivity index (χ2n) is 6.76. The highest BCUT2D eigenvalue weighted by molar-refractivity contribution is 5.79. The number of hydrogen-bond acceptors (Lipinski definition) is 2. The highest BCUT2D eigenvalue weighted by atomic mass is 16.2. The van der Waals surface area contributed by atoms with Gasteiger partial charge < -0.3 is 9.80 Å². The van der Waals surface area contributed by atoms with Crippen LogP contribution in [0.2, 0.25) is 0 Å². The van der Waals surface area contributed by atoms with E-state index >= 15 is 0 Å². The van der Waals surface area contributed by atoms with Gasteiger partial charge in [-0.2, -0.15) is 0 Å². The predicted molar refractivity (Wildman–Crippen MR) is 76.9 cm³/mol. The maximum atomic E-state index is 12.3. The molecule has 0 bridgehead atoms. The van der Waals surface area contributed by atoms with Gasteiger partial charge in [-0.1, -0.05) is 6.42 Å². The van der Waals surface area contributed by atoms with Crippen LogP contribution in [0.1, 0.15) is 51.4 Å². The molecule has 1 unspecified atom stereocenters. The molecule has 0 aromatic heterocycles. The summed E-state index contributed by atoms with van der Waals surface area (Å²) in [5.41, 5.74) is 0. The zero-order valence-electron chi connectivity index (χ0n) is 12.1. The first-order chi connectivity index (χ1) is 9.33. The highest BCUT2D eigenvalue weighted by Gasteiger charge is 2.30. The highest BCUT2D eigenvalue weighted by Crippen LogP contribution is 2.30. The molecular formula is C16H28N2O. The van der Waals surface area contributed by atoms with Crippen LogP contribution in [0.25, 0.3) is 0 Å². The Morgan fingerprint density at radius 3 is 2.32 bits per heavy atom. The Morgan fingerprint density at radius 2 is 1.63 bits per heavy atom. The van der Waals surface area contributed by atoms with E-state index in [1.54, 1.807) is 0 Å². The third-order valence-electron chi connectivity index (χ3n) is 5.33. The second-order valence-corrected chi connectivity index (χ2v) is 6.76. The lowest BCUT2D eigenvalue weighted by molar-refractivity contribution is -0.138. The Kier molecular flexibility index (Phi) is 4.42. The van der Waals surface area contributed by atoms with E-state index < -0.39 is 0 Å². The number of amides is 1. The molecule has 1 saturated carbocycles. The minimum atomic E-state index is 0.384. The van der Waals surface area contributed by atoms with Gasteiger partial charge in [0.05, 0.1) is 0 Å². The maximum absolute atomic E-state index is 12.3. The van der Waals surface area contributed by atoms with Gasteiger partial charge in [-0.05, 0) is 64.0 Å². The van der Waals surface area contributed by atoms with Gasteiger partial charge in [0.15, 0.2) is 0 Å². The van der Waals surface area contributed by atoms with Gasteiger partial charge in [0, 0.05) is 25.6 Å². The number of carbonyl (C=O) groups excluding carboxylic acids is 1. The van der Waals surface area contributed by atoms with E-state index in [9.17, 15) is 4.79 Å². The molecule has 0 aromatic rings. The molecule has 3 nitrogen and oxygen atoms in total. The Bertz CT molecular complexity index is 308. The van der Waals surface area contributed by atoms with Crippen molar-refractivity contribution in [2.75, 3.05) is 32.7 Å². The lowest BCUT2D eigenvalue weighted by Crippen LogP contribution is -2.39. The quantitative estimate of drug-likeness (QED) is 0.782. The summed E-state index contributed by atoms with van der Waals surface area (Å²) >= 11 is 0. The number of rotatable bonds is 3. The first kappa shape index (κ1) is 13.4. The van der Waals surface area contributed by atoms with E-state index in [2.05, 4.69) is 9.80 Å². The first-order valence-corrected chi connectivity index (χ1v) is 8.34. The Morgan fingerprint density at radius 1 is 0.842 bits per heavy atom. The maximum Gasteiger partial charge on any atom is 0.225 e. The smallest absolute Gasteiger partial charge is 0.225 e. The van der Waals surface area contributed by atoms with Crippen molar-refractivity contribution in [1.82, 2.24) is 9.80 Å². The van der Waals surface area contributed by atoms with Crippen molar-refractivity contribution in [2.24, 2.45) is 11.8 Å². The van der Waals surface area contributed by atoms with E-state index in [1.165, 1.54) is 58.2 Å². The Labute approximate surface area is 117 Å². The normalized spacial score (nSPS) is 30.1. The van der Waals surface area contributed by atoms with E-state index in [4.69, 9.17) is 0 Å². The summed E-state index contributed by atoms with van der Waals surface area (Å²) in [4.78, 5) is 17.1. The van der Waals surface area contributed by atoms with Gasteiger partial charge in [0.2, 0.25) is 5.91 Å². The summed E-state index contributed by atoms with van der Waals surface area (Å²) in [6, 6.07) is 0. The Balaban J connectivity index is 1.46. The van der Waals surface area contributed by atoms with E-state index in [1.807, 2.05) is 0 Å². The first-order valence-electron chi connectivity index (χ1n) is 8.34. The minimum absolute atomic E-state index is 0.384. The third kappa shape index (κ3) is 3.31. The number of carbonyl (C=O) groups is 1. The number of nitrogens with zero attached hydrogens (tertiary/aromatic N) is 2. The molecule has 2 aliphatic heterocycles. The van der Waals surface area contributed by atoms with Gasteiger partial charge in [0.1, 0.15) is 0 Å². The van der Waals surface area contributed by atoms with Crippen LogP contribution >= 0.6 is 0 Å². The van der Waals surface area contributed by atoms with Crippen molar-refractivity contribution in [2.45, 2.75) is 51.4 Å². The second kappa shape index (κ2) is 6.25. The summed E-state index contributed by atoms with van der Waals surface area (Å²) < 4.78 is 0. The molecule has 1 atom stereocenters. The molecule has 1 aliphatic carbocycles. The molecule has 1 amide bonds. The van der Waals surface area contributed by atoms with Crippen LogP contribution < -0.4 is 0 Å². The average molecular weight is 264 g/mol. The molecule has 0 radical (unpaired) electrons. The van der Waals surface area contributed by atoms with Crippen molar-refractivity contribution in [3.63, 3.8) is 0 Å². The van der Waals surface area contributed by atoms with Gasteiger partial charge >= 0.3 is 0 Å². The van der Waals surface area contributed by atoms with Crippen LogP contribution in [0.15, 0.2) is 0 Å². The molecule has 3 fully saturated rings. The zero-order chi connectivity index (χ0) is 13.1. The monoisotopic (exact) mass is 264 g/mol. The Hall–Kier alpha value is -0.570. The molecule has 0 aromatic carbocycles. The van der Waals surface area contributed by atoms with Crippen molar-refractivity contribution in [1.29, 1.82) is 0 Å². The molecule has 3 rings (SSSR count). The van der Waals surface area contributed by atoms with Gasteiger partial charge in [-0.3, -0.25) is 4.79 Å². The largest absolute Gasteiger partial charge is 0.342 e. The molecule has 3 heteroatoms. The minimum Gasteiger partial charge on any atom is -0.342 e. The molecular weight excluding hydrogens is 236 g/mol. The van der Waals surface area contributed by atoms with Crippen molar-refractivity contribution >= 4 is 5.91 Å². The molecule has 0 spiro atoms. The van der Waals surface area contributed by atoms with Gasteiger partial charge in [-0.25, -0.2) is 0 Å². The van der Waals surface area contributed by atoms with Crippen molar-refractivity contribution in [3.05, 3.63) is 0 Å². The average Bonchev–Trinajstić information content (AvgIpc) is 2.72. The predicted octanol–water partition coefficient (Wildman–Crippen LogP) is 2.51. The van der Waals surface area contributed by atoms with Crippen LogP contribution in [0.3, 0.4) is 0 Å². The van der Waals surface area contributed by atoms with E-state index in [0.29, 0.717) is 11.8 Å². The van der Waals surface area contributed by atoms with Crippen LogP contribution in [0.5, 0.6) is 0 Å². The van der Waals surface area contributed by atoms with Crippen LogP contribution in [-0.2, 0) is 4.79 Å². The summed E-state index contributed by atoms with van der Waals surface area (Å²) in [6.07, 6.45) is 10.1. The van der Waals surface area contributed by atoms with Crippen LogP contribution in [-0.4, -0.2) is 48.4 Å². The lowest BCUT2D eigenvalue weighted by atomic mass is 9.84. The van der Waals surface area contributed by atoms with Gasteiger partial charge in [-0.15, -0.1) is 0 Å². The zero-order valence-corrected chi connectivity index (χ0v) is 12.1. The van der Waals surface area contributed by atoms with E-state index in [-0.39, 0.29) is 0 Å². The number of hydrogen-bond donors (Lipinski definition) is 0. The fraction of sp³-hybridized carbons (Fsp3) is 0.938. The van der Waals surface area contributed by atoms with Crippen molar-refractivity contribution < 1.29 is 4.79 Å². The van der Waals surface area contributed by atoms with Crippen molar-refractivity contribution in [3.8, 4) is 0 Å². The standard InChI is InChI=1S/C16H28N2O/c19-16(15-6-3-7-15)18-11-4-5-14(8-12-18)13-17-9-1-2-10-17/h14-15H,1-13H2. The van der Waals surface area contributed by atoms with Crippen LogP contribution in [0, 0.1) is 11.8 Å². The SMILES string of the molecule is O=C(C1CCC1)N1CCCC(CN2CCCC2)CC1. The summed E-state index contributed by atoms with van der Waals surface area (Å²) in [5, 5.41) is 0. The van der Waals surface area contributed by atoms with E-state index in [0.717, 1.165) is 31.8 Å². The fourth-order valence-electron chi connectivity index (χ4n) is 3.81. The van der Waals surface area contributed by atoms with Gasteiger partial charge in [0.25, 0.3) is 0 Å². The molecule has 2 saturated heterocycles. The molecule has 108 valence electrons. The molecule has 19 heavy (non-hydrogen) atoms. The molecule has 2 heterocycles. The van der Waals surface area contributed by atoms with Crippen LogP contribution in [0.4, 0.5) is 0 Å². The lowest BCUT2D eigenvalue weighted by Gasteiger charge is -2.31.